The lowest BCUT2D eigenvalue weighted by atomic mass is 10.3. The predicted molar refractivity (Wildman–Crippen MR) is 110 cm³/mol. The summed E-state index contributed by atoms with van der Waals surface area (Å²) < 4.78 is 7.25. The van der Waals surface area contributed by atoms with Gasteiger partial charge in [-0.15, -0.1) is 24.0 Å². The van der Waals surface area contributed by atoms with Crippen molar-refractivity contribution in [1.82, 2.24) is 20.2 Å². The Labute approximate surface area is 165 Å². The Kier molecular flexibility index (Phi) is 9.25. The molecule has 0 fully saturated rings. The Bertz CT molecular complexity index is 719. The second kappa shape index (κ2) is 10.9. The van der Waals surface area contributed by atoms with Gasteiger partial charge < -0.3 is 19.6 Å². The molecule has 25 heavy (non-hydrogen) atoms. The number of nitrogens with zero attached hydrogens (tertiary/aromatic N) is 3. The summed E-state index contributed by atoms with van der Waals surface area (Å²) in [4.78, 5) is 20.1. The lowest BCUT2D eigenvalue weighted by molar-refractivity contribution is 0.463. The van der Waals surface area contributed by atoms with E-state index in [0.717, 1.165) is 37.4 Å². The molecule has 2 heterocycles. The number of hydrogen-bond acceptors (Lipinski definition) is 4. The molecule has 138 valence electrons. The normalized spacial score (nSPS) is 11.1. The number of rotatable bonds is 7. The SMILES string of the molecule is CN=C(NCCCCn1ccccc1=O)NCc1nc(C)c(C)o1.I. The molecule has 0 radical (unpaired) electrons. The fourth-order valence-electron chi connectivity index (χ4n) is 2.25. The highest BCUT2D eigenvalue weighted by Crippen LogP contribution is 2.07. The first-order chi connectivity index (χ1) is 11.6. The minimum absolute atomic E-state index is 0. The quantitative estimate of drug-likeness (QED) is 0.287. The van der Waals surface area contributed by atoms with E-state index in [1.165, 1.54) is 0 Å². The average molecular weight is 459 g/mol. The van der Waals surface area contributed by atoms with Crippen LogP contribution in [0.1, 0.15) is 30.2 Å². The Hall–Kier alpha value is -1.84. The first-order valence-electron chi connectivity index (χ1n) is 8.13. The Morgan fingerprint density at radius 1 is 1.28 bits per heavy atom. The molecule has 0 aliphatic carbocycles. The molecule has 0 atom stereocenters. The molecule has 0 aromatic carbocycles. The maximum absolute atomic E-state index is 11.6. The number of aromatic nitrogens is 2. The second-order valence-corrected chi connectivity index (χ2v) is 5.54. The molecule has 2 aromatic heterocycles. The third kappa shape index (κ3) is 6.89. The van der Waals surface area contributed by atoms with Crippen molar-refractivity contribution in [2.45, 2.75) is 39.8 Å². The van der Waals surface area contributed by atoms with E-state index in [4.69, 9.17) is 4.42 Å². The van der Waals surface area contributed by atoms with Gasteiger partial charge in [-0.3, -0.25) is 9.79 Å². The number of nitrogens with one attached hydrogen (secondary N) is 2. The number of unbranched alkanes of at least 4 members (excludes halogenated alkanes) is 1. The van der Waals surface area contributed by atoms with Gasteiger partial charge in [-0.25, -0.2) is 4.98 Å². The molecule has 0 saturated heterocycles. The Morgan fingerprint density at radius 3 is 2.72 bits per heavy atom. The number of guanidine groups is 1. The molecular formula is C17H26IN5O2. The maximum Gasteiger partial charge on any atom is 0.250 e. The molecule has 0 saturated carbocycles. The van der Waals surface area contributed by atoms with Gasteiger partial charge in [0.15, 0.2) is 5.96 Å². The zero-order valence-corrected chi connectivity index (χ0v) is 17.2. The maximum atomic E-state index is 11.6. The number of pyridine rings is 1. The molecule has 0 aliphatic rings. The zero-order valence-electron chi connectivity index (χ0n) is 14.9. The summed E-state index contributed by atoms with van der Waals surface area (Å²) in [6.07, 6.45) is 3.68. The van der Waals surface area contributed by atoms with Crippen LogP contribution in [0.15, 0.2) is 38.6 Å². The van der Waals surface area contributed by atoms with Gasteiger partial charge in [0.2, 0.25) is 11.4 Å². The van der Waals surface area contributed by atoms with E-state index in [0.29, 0.717) is 18.4 Å². The van der Waals surface area contributed by atoms with E-state index in [1.54, 1.807) is 23.7 Å². The summed E-state index contributed by atoms with van der Waals surface area (Å²) in [5.74, 6) is 2.20. The number of halogens is 1. The van der Waals surface area contributed by atoms with E-state index >= 15 is 0 Å². The zero-order chi connectivity index (χ0) is 17.4. The summed E-state index contributed by atoms with van der Waals surface area (Å²) in [5, 5.41) is 6.42. The third-order valence-electron chi connectivity index (χ3n) is 3.72. The molecule has 0 bridgehead atoms. The van der Waals surface area contributed by atoms with Crippen molar-refractivity contribution in [3.63, 3.8) is 0 Å². The van der Waals surface area contributed by atoms with Gasteiger partial charge in [-0.1, -0.05) is 6.07 Å². The third-order valence-corrected chi connectivity index (χ3v) is 3.72. The van der Waals surface area contributed by atoms with Crippen molar-refractivity contribution >= 4 is 29.9 Å². The first kappa shape index (κ1) is 21.2. The lowest BCUT2D eigenvalue weighted by Crippen LogP contribution is -2.37. The molecule has 0 aliphatic heterocycles. The molecule has 0 spiro atoms. The van der Waals surface area contributed by atoms with E-state index in [-0.39, 0.29) is 29.5 Å². The first-order valence-corrected chi connectivity index (χ1v) is 8.13. The van der Waals surface area contributed by atoms with Gasteiger partial charge in [0.1, 0.15) is 5.76 Å². The second-order valence-electron chi connectivity index (χ2n) is 5.54. The van der Waals surface area contributed by atoms with Crippen LogP contribution in [0.3, 0.4) is 0 Å². The highest BCUT2D eigenvalue weighted by atomic mass is 127. The van der Waals surface area contributed by atoms with Crippen molar-refractivity contribution < 1.29 is 4.42 Å². The van der Waals surface area contributed by atoms with Crippen molar-refractivity contribution in [2.24, 2.45) is 4.99 Å². The van der Waals surface area contributed by atoms with Crippen LogP contribution in [0.4, 0.5) is 0 Å². The van der Waals surface area contributed by atoms with Crippen LogP contribution >= 0.6 is 24.0 Å². The molecule has 2 N–H and O–H groups in total. The minimum atomic E-state index is 0. The van der Waals surface area contributed by atoms with Crippen molar-refractivity contribution in [1.29, 1.82) is 0 Å². The largest absolute Gasteiger partial charge is 0.444 e. The van der Waals surface area contributed by atoms with Crippen molar-refractivity contribution in [3.05, 3.63) is 52.1 Å². The molecule has 2 aromatic rings. The van der Waals surface area contributed by atoms with Crippen LogP contribution in [-0.2, 0) is 13.1 Å². The Morgan fingerprint density at radius 2 is 2.08 bits per heavy atom. The van der Waals surface area contributed by atoms with Crippen LogP contribution < -0.4 is 16.2 Å². The van der Waals surface area contributed by atoms with E-state index in [1.807, 2.05) is 26.1 Å². The Balaban J connectivity index is 0.00000312. The molecule has 0 unspecified atom stereocenters. The highest BCUT2D eigenvalue weighted by Gasteiger charge is 2.06. The molecular weight excluding hydrogens is 433 g/mol. The van der Waals surface area contributed by atoms with Gasteiger partial charge >= 0.3 is 0 Å². The minimum Gasteiger partial charge on any atom is -0.444 e. The smallest absolute Gasteiger partial charge is 0.250 e. The van der Waals surface area contributed by atoms with Gasteiger partial charge in [0.25, 0.3) is 0 Å². The topological polar surface area (TPSA) is 84.5 Å². The summed E-state index contributed by atoms with van der Waals surface area (Å²) in [7, 11) is 1.73. The average Bonchev–Trinajstić information content (AvgIpc) is 2.90. The number of hydrogen-bond donors (Lipinski definition) is 2. The van der Waals surface area contributed by atoms with Crippen LogP contribution in [0.25, 0.3) is 0 Å². The van der Waals surface area contributed by atoms with Crippen LogP contribution in [-0.4, -0.2) is 29.1 Å². The van der Waals surface area contributed by atoms with Gasteiger partial charge in [0, 0.05) is 32.4 Å². The fraction of sp³-hybridized carbons (Fsp3) is 0.471. The van der Waals surface area contributed by atoms with Crippen LogP contribution in [0.2, 0.25) is 0 Å². The predicted octanol–water partition coefficient (Wildman–Crippen LogP) is 2.22. The van der Waals surface area contributed by atoms with Crippen LogP contribution in [0.5, 0.6) is 0 Å². The number of aryl methyl sites for hydroxylation is 3. The molecule has 0 amide bonds. The van der Waals surface area contributed by atoms with Crippen molar-refractivity contribution in [3.8, 4) is 0 Å². The molecule has 2 rings (SSSR count). The van der Waals surface area contributed by atoms with Gasteiger partial charge in [0.05, 0.1) is 12.2 Å². The van der Waals surface area contributed by atoms with E-state index < -0.39 is 0 Å². The van der Waals surface area contributed by atoms with E-state index in [9.17, 15) is 4.79 Å². The summed E-state index contributed by atoms with van der Waals surface area (Å²) in [5.41, 5.74) is 0.949. The highest BCUT2D eigenvalue weighted by molar-refractivity contribution is 14.0. The number of oxazole rings is 1. The standard InChI is InChI=1S/C17H25N5O2.HI/c1-13-14(2)24-15(21-13)12-20-17(18-3)19-9-5-7-11-22-10-6-4-8-16(22)23;/h4,6,8,10H,5,7,9,11-12H2,1-3H3,(H2,18,19,20);1H. The van der Waals surface area contributed by atoms with E-state index in [2.05, 4.69) is 20.6 Å². The van der Waals surface area contributed by atoms with Gasteiger partial charge in [-0.2, -0.15) is 0 Å². The van der Waals surface area contributed by atoms with Gasteiger partial charge in [-0.05, 0) is 32.8 Å². The van der Waals surface area contributed by atoms with Crippen LogP contribution in [0, 0.1) is 13.8 Å². The number of aliphatic imine (C=N–C) groups is 1. The van der Waals surface area contributed by atoms with Crippen molar-refractivity contribution in [2.75, 3.05) is 13.6 Å². The monoisotopic (exact) mass is 459 g/mol. The summed E-state index contributed by atoms with van der Waals surface area (Å²) in [6.45, 7) is 5.82. The molecule has 8 heteroatoms. The summed E-state index contributed by atoms with van der Waals surface area (Å²) >= 11 is 0. The fourth-order valence-corrected chi connectivity index (χ4v) is 2.25. The molecule has 7 nitrogen and oxygen atoms in total. The lowest BCUT2D eigenvalue weighted by Gasteiger charge is -2.10. The summed E-state index contributed by atoms with van der Waals surface area (Å²) in [6, 6.07) is 5.21.